The van der Waals surface area contributed by atoms with Crippen molar-refractivity contribution < 1.29 is 4.74 Å². The Morgan fingerprint density at radius 2 is 2.29 bits per heavy atom. The fourth-order valence-electron chi connectivity index (χ4n) is 3.42. The normalized spacial score (nSPS) is 35.4. The number of hydrogen-bond acceptors (Lipinski definition) is 2. The maximum atomic E-state index is 6.04. The smallest absolute Gasteiger partial charge is 0.0652 e. The number of rotatable bonds is 3. The average Bonchev–Trinajstić information content (AvgIpc) is 2.89. The number of fused-ring (bicyclic) bond motifs is 2. The van der Waals surface area contributed by atoms with Crippen molar-refractivity contribution in [3.8, 4) is 0 Å². The molecule has 2 heterocycles. The highest BCUT2D eigenvalue weighted by Gasteiger charge is 2.51. The van der Waals surface area contributed by atoms with E-state index in [1.165, 1.54) is 18.4 Å². The summed E-state index contributed by atoms with van der Waals surface area (Å²) in [5.74, 6) is 0. The minimum atomic E-state index is 0.146. The van der Waals surface area contributed by atoms with Crippen molar-refractivity contribution in [2.75, 3.05) is 6.54 Å². The minimum Gasteiger partial charge on any atom is -0.374 e. The van der Waals surface area contributed by atoms with E-state index in [0.29, 0.717) is 18.8 Å². The summed E-state index contributed by atoms with van der Waals surface area (Å²) in [5, 5.41) is 0.804. The van der Waals surface area contributed by atoms with Crippen LogP contribution < -0.4 is 5.73 Å². The fourth-order valence-corrected chi connectivity index (χ4v) is 3.63. The highest BCUT2D eigenvalue weighted by Crippen LogP contribution is 2.49. The average molecular weight is 252 g/mol. The van der Waals surface area contributed by atoms with Crippen molar-refractivity contribution in [3.63, 3.8) is 0 Å². The molecule has 2 nitrogen and oxygen atoms in total. The van der Waals surface area contributed by atoms with Gasteiger partial charge in [0.1, 0.15) is 0 Å². The van der Waals surface area contributed by atoms with Gasteiger partial charge in [0.05, 0.1) is 12.2 Å². The van der Waals surface area contributed by atoms with Gasteiger partial charge >= 0.3 is 0 Å². The van der Waals surface area contributed by atoms with Crippen LogP contribution in [-0.4, -0.2) is 18.8 Å². The Morgan fingerprint density at radius 1 is 1.41 bits per heavy atom. The largest absolute Gasteiger partial charge is 0.374 e. The second kappa shape index (κ2) is 4.27. The molecule has 2 bridgehead atoms. The topological polar surface area (TPSA) is 35.2 Å². The van der Waals surface area contributed by atoms with E-state index in [-0.39, 0.29) is 5.41 Å². The van der Waals surface area contributed by atoms with E-state index in [1.807, 2.05) is 18.2 Å². The van der Waals surface area contributed by atoms with Crippen molar-refractivity contribution in [1.29, 1.82) is 0 Å². The van der Waals surface area contributed by atoms with Crippen molar-refractivity contribution in [2.24, 2.45) is 11.1 Å². The first kappa shape index (κ1) is 11.5. The molecule has 0 saturated carbocycles. The van der Waals surface area contributed by atoms with Crippen LogP contribution in [0.2, 0.25) is 5.02 Å². The summed E-state index contributed by atoms with van der Waals surface area (Å²) in [6, 6.07) is 8.10. The SMILES string of the molecule is NCC1(Cc2cccc(Cl)c2)CC2CCC1O2. The van der Waals surface area contributed by atoms with Gasteiger partial charge < -0.3 is 10.5 Å². The second-order valence-corrected chi connectivity index (χ2v) is 5.84. The van der Waals surface area contributed by atoms with Crippen LogP contribution >= 0.6 is 11.6 Å². The Hall–Kier alpha value is -0.570. The predicted molar refractivity (Wildman–Crippen MR) is 69.2 cm³/mol. The molecule has 17 heavy (non-hydrogen) atoms. The lowest BCUT2D eigenvalue weighted by Gasteiger charge is -2.34. The van der Waals surface area contributed by atoms with Crippen LogP contribution in [0.25, 0.3) is 0 Å². The third kappa shape index (κ3) is 1.99. The first-order valence-corrected chi connectivity index (χ1v) is 6.70. The van der Waals surface area contributed by atoms with Gasteiger partial charge in [-0.05, 0) is 43.4 Å². The maximum Gasteiger partial charge on any atom is 0.0652 e. The molecule has 0 aromatic heterocycles. The van der Waals surface area contributed by atoms with Crippen LogP contribution in [0.15, 0.2) is 24.3 Å². The molecular formula is C14H18ClNO. The zero-order valence-corrected chi connectivity index (χ0v) is 10.6. The fraction of sp³-hybridized carbons (Fsp3) is 0.571. The molecule has 1 aromatic carbocycles. The van der Waals surface area contributed by atoms with E-state index in [1.54, 1.807) is 0 Å². The van der Waals surface area contributed by atoms with Crippen LogP contribution in [0, 0.1) is 5.41 Å². The first-order valence-electron chi connectivity index (χ1n) is 6.32. The van der Waals surface area contributed by atoms with E-state index < -0.39 is 0 Å². The molecule has 2 aliphatic rings. The quantitative estimate of drug-likeness (QED) is 0.897. The van der Waals surface area contributed by atoms with Crippen LogP contribution in [0.5, 0.6) is 0 Å². The number of benzene rings is 1. The molecule has 1 aromatic rings. The standard InChI is InChI=1S/C14H18ClNO/c15-11-3-1-2-10(6-11)7-14(9-16)8-12-4-5-13(14)17-12/h1-3,6,12-13H,4-5,7-9,16H2. The van der Waals surface area contributed by atoms with Gasteiger partial charge in [-0.15, -0.1) is 0 Å². The van der Waals surface area contributed by atoms with Gasteiger partial charge in [-0.2, -0.15) is 0 Å². The molecular weight excluding hydrogens is 234 g/mol. The molecule has 0 aliphatic carbocycles. The molecule has 3 unspecified atom stereocenters. The Labute approximate surface area is 107 Å². The lowest BCUT2D eigenvalue weighted by atomic mass is 9.70. The van der Waals surface area contributed by atoms with Crippen LogP contribution in [0.1, 0.15) is 24.8 Å². The monoisotopic (exact) mass is 251 g/mol. The molecule has 2 saturated heterocycles. The van der Waals surface area contributed by atoms with Gasteiger partial charge in [0.25, 0.3) is 0 Å². The summed E-state index contributed by atoms with van der Waals surface area (Å²) in [4.78, 5) is 0. The molecule has 2 N–H and O–H groups in total. The van der Waals surface area contributed by atoms with Gasteiger partial charge in [0.2, 0.25) is 0 Å². The molecule has 92 valence electrons. The van der Waals surface area contributed by atoms with E-state index >= 15 is 0 Å². The van der Waals surface area contributed by atoms with E-state index in [9.17, 15) is 0 Å². The van der Waals surface area contributed by atoms with Gasteiger partial charge in [0.15, 0.2) is 0 Å². The summed E-state index contributed by atoms with van der Waals surface area (Å²) < 4.78 is 5.97. The van der Waals surface area contributed by atoms with Crippen molar-refractivity contribution >= 4 is 11.6 Å². The lowest BCUT2D eigenvalue weighted by Crippen LogP contribution is -2.41. The zero-order chi connectivity index (χ0) is 11.9. The lowest BCUT2D eigenvalue weighted by molar-refractivity contribution is 0.0636. The van der Waals surface area contributed by atoms with Gasteiger partial charge in [-0.3, -0.25) is 0 Å². The molecule has 2 aliphatic heterocycles. The highest BCUT2D eigenvalue weighted by molar-refractivity contribution is 6.30. The Bertz CT molecular complexity index is 422. The second-order valence-electron chi connectivity index (χ2n) is 5.40. The summed E-state index contributed by atoms with van der Waals surface area (Å²) in [6.07, 6.45) is 5.29. The van der Waals surface area contributed by atoms with Crippen molar-refractivity contribution in [1.82, 2.24) is 0 Å². The molecule has 3 atom stereocenters. The number of hydrogen-bond donors (Lipinski definition) is 1. The summed E-state index contributed by atoms with van der Waals surface area (Å²) in [5.41, 5.74) is 7.45. The van der Waals surface area contributed by atoms with Crippen LogP contribution in [0.4, 0.5) is 0 Å². The van der Waals surface area contributed by atoms with Crippen LogP contribution in [-0.2, 0) is 11.2 Å². The summed E-state index contributed by atoms with van der Waals surface area (Å²) in [7, 11) is 0. The predicted octanol–water partition coefficient (Wildman–Crippen LogP) is 2.78. The third-order valence-corrected chi connectivity index (χ3v) is 4.51. The highest BCUT2D eigenvalue weighted by atomic mass is 35.5. The molecule has 2 fully saturated rings. The molecule has 0 amide bonds. The number of halogens is 1. The summed E-state index contributed by atoms with van der Waals surface area (Å²) >= 11 is 6.04. The maximum absolute atomic E-state index is 6.04. The first-order chi connectivity index (χ1) is 8.22. The molecule has 0 spiro atoms. The zero-order valence-electron chi connectivity index (χ0n) is 9.86. The Balaban J connectivity index is 1.83. The van der Waals surface area contributed by atoms with E-state index in [4.69, 9.17) is 22.1 Å². The van der Waals surface area contributed by atoms with Gasteiger partial charge in [-0.1, -0.05) is 23.7 Å². The van der Waals surface area contributed by atoms with E-state index in [0.717, 1.165) is 17.9 Å². The summed E-state index contributed by atoms with van der Waals surface area (Å²) in [6.45, 7) is 0.709. The molecule has 3 rings (SSSR count). The Morgan fingerprint density at radius 3 is 2.88 bits per heavy atom. The minimum absolute atomic E-state index is 0.146. The van der Waals surface area contributed by atoms with Gasteiger partial charge in [-0.25, -0.2) is 0 Å². The van der Waals surface area contributed by atoms with Crippen LogP contribution in [0.3, 0.4) is 0 Å². The van der Waals surface area contributed by atoms with Crippen molar-refractivity contribution in [3.05, 3.63) is 34.9 Å². The van der Waals surface area contributed by atoms with Crippen molar-refractivity contribution in [2.45, 2.75) is 37.9 Å². The Kier molecular flexibility index (Phi) is 2.89. The molecule has 3 heteroatoms. The van der Waals surface area contributed by atoms with Gasteiger partial charge in [0, 0.05) is 17.0 Å². The van der Waals surface area contributed by atoms with E-state index in [2.05, 4.69) is 6.07 Å². The number of ether oxygens (including phenoxy) is 1. The molecule has 0 radical (unpaired) electrons. The number of nitrogens with two attached hydrogens (primary N) is 1. The third-order valence-electron chi connectivity index (χ3n) is 4.28.